The van der Waals surface area contributed by atoms with E-state index in [2.05, 4.69) is 11.9 Å². The standard InChI is InChI=1S/C10H13BN2O2/c1-8-2-3-10(15)13(8)7-4-9(14)12-6-5-11/h2-3H,1,4-7H2,(H,12,14). The third-order valence-electron chi connectivity index (χ3n) is 2.06. The summed E-state index contributed by atoms with van der Waals surface area (Å²) in [5, 5.41) is 2.63. The van der Waals surface area contributed by atoms with Crippen LogP contribution in [0.25, 0.3) is 0 Å². The molecule has 4 nitrogen and oxygen atoms in total. The Balaban J connectivity index is 2.28. The summed E-state index contributed by atoms with van der Waals surface area (Å²) in [4.78, 5) is 23.9. The van der Waals surface area contributed by atoms with E-state index in [1.54, 1.807) is 6.08 Å². The second-order valence-electron chi connectivity index (χ2n) is 3.20. The van der Waals surface area contributed by atoms with Crippen LogP contribution in [0.15, 0.2) is 24.4 Å². The number of carbonyl (C=O) groups is 2. The van der Waals surface area contributed by atoms with E-state index in [1.165, 1.54) is 11.0 Å². The van der Waals surface area contributed by atoms with Crippen LogP contribution in [0.2, 0.25) is 6.32 Å². The minimum Gasteiger partial charge on any atom is -0.357 e. The number of carbonyl (C=O) groups excluding carboxylic acids is 2. The Labute approximate surface area is 90.4 Å². The van der Waals surface area contributed by atoms with Crippen molar-refractivity contribution in [2.24, 2.45) is 0 Å². The van der Waals surface area contributed by atoms with E-state index in [9.17, 15) is 9.59 Å². The molecule has 1 N–H and O–H groups in total. The Morgan fingerprint density at radius 1 is 1.53 bits per heavy atom. The average Bonchev–Trinajstić information content (AvgIpc) is 2.53. The number of nitrogens with zero attached hydrogens (tertiary/aromatic N) is 1. The fourth-order valence-electron chi connectivity index (χ4n) is 1.26. The second-order valence-corrected chi connectivity index (χ2v) is 3.20. The van der Waals surface area contributed by atoms with Gasteiger partial charge in [0.15, 0.2) is 0 Å². The van der Waals surface area contributed by atoms with Gasteiger partial charge in [-0.15, -0.1) is 0 Å². The maximum absolute atomic E-state index is 11.2. The van der Waals surface area contributed by atoms with E-state index < -0.39 is 0 Å². The molecule has 0 atom stereocenters. The minimum atomic E-state index is -0.119. The minimum absolute atomic E-state index is 0.104. The molecule has 0 spiro atoms. The molecule has 1 rings (SSSR count). The van der Waals surface area contributed by atoms with Gasteiger partial charge in [-0.05, 0) is 6.08 Å². The summed E-state index contributed by atoms with van der Waals surface area (Å²) in [7, 11) is 5.24. The number of amides is 2. The van der Waals surface area contributed by atoms with Crippen LogP contribution in [-0.2, 0) is 9.59 Å². The molecule has 0 aromatic heterocycles. The van der Waals surface area contributed by atoms with Crippen LogP contribution in [0.4, 0.5) is 0 Å². The molecule has 2 radical (unpaired) electrons. The molecule has 15 heavy (non-hydrogen) atoms. The maximum Gasteiger partial charge on any atom is 0.251 e. The SMILES string of the molecule is [B]CCNC(=O)CCN1C(=C)C=CC1=O. The molecular formula is C10H13BN2O2. The molecule has 5 heteroatoms. The third kappa shape index (κ3) is 3.27. The highest BCUT2D eigenvalue weighted by atomic mass is 16.2. The highest BCUT2D eigenvalue weighted by Gasteiger charge is 2.18. The van der Waals surface area contributed by atoms with Crippen LogP contribution in [-0.4, -0.2) is 37.7 Å². The van der Waals surface area contributed by atoms with Gasteiger partial charge >= 0.3 is 0 Å². The van der Waals surface area contributed by atoms with Crippen molar-refractivity contribution in [1.82, 2.24) is 10.2 Å². The normalized spacial score (nSPS) is 14.8. The maximum atomic E-state index is 11.2. The first-order chi connectivity index (χ1) is 7.15. The van der Waals surface area contributed by atoms with Crippen molar-refractivity contribution in [2.75, 3.05) is 13.1 Å². The molecule has 1 heterocycles. The van der Waals surface area contributed by atoms with E-state index in [4.69, 9.17) is 7.85 Å². The van der Waals surface area contributed by atoms with Crippen molar-refractivity contribution in [3.8, 4) is 0 Å². The van der Waals surface area contributed by atoms with Crippen molar-refractivity contribution in [2.45, 2.75) is 12.7 Å². The summed E-state index contributed by atoms with van der Waals surface area (Å²) >= 11 is 0. The molecule has 0 fully saturated rings. The van der Waals surface area contributed by atoms with Crippen molar-refractivity contribution in [3.05, 3.63) is 24.4 Å². The van der Waals surface area contributed by atoms with Crippen LogP contribution in [0, 0.1) is 0 Å². The number of rotatable bonds is 5. The van der Waals surface area contributed by atoms with Gasteiger partial charge in [-0.2, -0.15) is 0 Å². The molecule has 78 valence electrons. The average molecular weight is 204 g/mol. The predicted molar refractivity (Wildman–Crippen MR) is 58.2 cm³/mol. The third-order valence-corrected chi connectivity index (χ3v) is 2.06. The zero-order valence-electron chi connectivity index (χ0n) is 8.53. The number of hydrogen-bond acceptors (Lipinski definition) is 2. The fourth-order valence-corrected chi connectivity index (χ4v) is 1.26. The predicted octanol–water partition coefficient (Wildman–Crippen LogP) is -0.00840. The molecule has 1 aliphatic heterocycles. The molecule has 2 amide bonds. The van der Waals surface area contributed by atoms with Crippen LogP contribution in [0.1, 0.15) is 6.42 Å². The molecule has 0 unspecified atom stereocenters. The Kier molecular flexibility index (Phi) is 4.15. The number of nitrogens with one attached hydrogen (secondary N) is 1. The highest BCUT2D eigenvalue weighted by Crippen LogP contribution is 2.12. The lowest BCUT2D eigenvalue weighted by atomic mass is 10.1. The number of hydrogen-bond donors (Lipinski definition) is 1. The first-order valence-corrected chi connectivity index (χ1v) is 4.80. The van der Waals surface area contributed by atoms with Crippen molar-refractivity contribution >= 4 is 19.7 Å². The van der Waals surface area contributed by atoms with Gasteiger partial charge < -0.3 is 10.2 Å². The van der Waals surface area contributed by atoms with E-state index in [0.717, 1.165) is 0 Å². The summed E-state index contributed by atoms with van der Waals surface area (Å²) in [6.07, 6.45) is 3.77. The highest BCUT2D eigenvalue weighted by molar-refractivity contribution is 6.08. The lowest BCUT2D eigenvalue weighted by molar-refractivity contribution is -0.124. The first kappa shape index (κ1) is 11.6. The zero-order valence-corrected chi connectivity index (χ0v) is 8.53. The molecule has 0 aromatic rings. The topological polar surface area (TPSA) is 49.4 Å². The lowest BCUT2D eigenvalue weighted by Crippen LogP contribution is -2.31. The Bertz CT molecular complexity index is 295. The Morgan fingerprint density at radius 2 is 2.27 bits per heavy atom. The van der Waals surface area contributed by atoms with Gasteiger partial charge in [0.25, 0.3) is 5.91 Å². The lowest BCUT2D eigenvalue weighted by Gasteiger charge is -2.16. The van der Waals surface area contributed by atoms with Crippen LogP contribution in [0.5, 0.6) is 0 Å². The first-order valence-electron chi connectivity index (χ1n) is 4.80. The summed E-state index contributed by atoms with van der Waals surface area (Å²) in [6, 6.07) is 0. The number of allylic oxidation sites excluding steroid dienone is 1. The smallest absolute Gasteiger partial charge is 0.251 e. The Hall–Kier alpha value is -1.52. The van der Waals surface area contributed by atoms with E-state index in [-0.39, 0.29) is 18.2 Å². The van der Waals surface area contributed by atoms with Gasteiger partial charge in [0.1, 0.15) is 0 Å². The van der Waals surface area contributed by atoms with Crippen LogP contribution < -0.4 is 5.32 Å². The van der Waals surface area contributed by atoms with Gasteiger partial charge in [-0.3, -0.25) is 9.59 Å². The van der Waals surface area contributed by atoms with E-state index in [1.807, 2.05) is 0 Å². The second kappa shape index (κ2) is 5.39. The molecule has 1 aliphatic rings. The van der Waals surface area contributed by atoms with Crippen molar-refractivity contribution in [3.63, 3.8) is 0 Å². The summed E-state index contributed by atoms with van der Waals surface area (Å²) in [5.41, 5.74) is 0.631. The molecular weight excluding hydrogens is 191 g/mol. The monoisotopic (exact) mass is 204 g/mol. The quantitative estimate of drug-likeness (QED) is 0.640. The van der Waals surface area contributed by atoms with Gasteiger partial charge in [-0.1, -0.05) is 12.9 Å². The molecule has 0 saturated carbocycles. The van der Waals surface area contributed by atoms with Gasteiger partial charge in [-0.25, -0.2) is 0 Å². The van der Waals surface area contributed by atoms with Crippen LogP contribution in [0.3, 0.4) is 0 Å². The van der Waals surface area contributed by atoms with Crippen molar-refractivity contribution < 1.29 is 9.59 Å². The van der Waals surface area contributed by atoms with Gasteiger partial charge in [0, 0.05) is 31.3 Å². The Morgan fingerprint density at radius 3 is 2.80 bits per heavy atom. The molecule has 0 bridgehead atoms. The molecule has 0 saturated heterocycles. The summed E-state index contributed by atoms with van der Waals surface area (Å²) < 4.78 is 0. The summed E-state index contributed by atoms with van der Waals surface area (Å²) in [5.74, 6) is -0.223. The zero-order chi connectivity index (χ0) is 11.3. The van der Waals surface area contributed by atoms with E-state index in [0.29, 0.717) is 25.1 Å². The van der Waals surface area contributed by atoms with E-state index >= 15 is 0 Å². The van der Waals surface area contributed by atoms with Crippen molar-refractivity contribution in [1.29, 1.82) is 0 Å². The largest absolute Gasteiger partial charge is 0.357 e. The molecule has 0 aliphatic carbocycles. The fraction of sp³-hybridized carbons (Fsp3) is 0.400. The van der Waals surface area contributed by atoms with Gasteiger partial charge in [0.05, 0.1) is 7.85 Å². The van der Waals surface area contributed by atoms with Gasteiger partial charge in [0.2, 0.25) is 5.91 Å². The summed E-state index contributed by atoms with van der Waals surface area (Å²) in [6.45, 7) is 4.52. The van der Waals surface area contributed by atoms with Crippen LogP contribution >= 0.6 is 0 Å². The molecule has 0 aromatic carbocycles.